The van der Waals surface area contributed by atoms with Gasteiger partial charge in [0.2, 0.25) is 0 Å². The number of nitrogens with zero attached hydrogens (tertiary/aromatic N) is 2. The number of hydrogen-bond donors (Lipinski definition) is 1. The third-order valence-electron chi connectivity index (χ3n) is 2.92. The topological polar surface area (TPSA) is 59.2 Å². The summed E-state index contributed by atoms with van der Waals surface area (Å²) in [5.74, 6) is 0.0198. The van der Waals surface area contributed by atoms with Crippen molar-refractivity contribution in [3.05, 3.63) is 35.0 Å². The molecule has 106 valence electrons. The highest BCUT2D eigenvalue weighted by Gasteiger charge is 2.20. The summed E-state index contributed by atoms with van der Waals surface area (Å²) in [6.07, 6.45) is 5.54. The zero-order chi connectivity index (χ0) is 14.7. The lowest BCUT2D eigenvalue weighted by Gasteiger charge is -2.18. The Morgan fingerprint density at radius 3 is 2.65 bits per heavy atom. The quantitative estimate of drug-likeness (QED) is 0.678. The normalized spacial score (nSPS) is 10.6. The zero-order valence-electron chi connectivity index (χ0n) is 11.7. The lowest BCUT2D eigenvalue weighted by molar-refractivity contribution is 0.102. The average molecular weight is 307 g/mol. The minimum atomic E-state index is 0.0198. The van der Waals surface area contributed by atoms with E-state index >= 15 is 0 Å². The molecule has 2 rings (SSSR count). The smallest absolute Gasteiger partial charge is 0.171 e. The maximum Gasteiger partial charge on any atom is 0.171 e. The van der Waals surface area contributed by atoms with Crippen LogP contribution in [0.25, 0.3) is 0 Å². The van der Waals surface area contributed by atoms with Gasteiger partial charge in [0.25, 0.3) is 0 Å². The fourth-order valence-electron chi connectivity index (χ4n) is 1.96. The van der Waals surface area contributed by atoms with Gasteiger partial charge in [-0.05, 0) is 24.0 Å². The van der Waals surface area contributed by atoms with Crippen LogP contribution in [-0.4, -0.2) is 24.1 Å². The average Bonchev–Trinajstić information content (AvgIpc) is 2.77. The molecule has 2 N–H and O–H groups in total. The van der Waals surface area contributed by atoms with Crippen LogP contribution in [-0.2, 0) is 6.54 Å². The van der Waals surface area contributed by atoms with Crippen molar-refractivity contribution in [2.75, 3.05) is 23.9 Å². The summed E-state index contributed by atoms with van der Waals surface area (Å²) >= 11 is 3.04. The van der Waals surface area contributed by atoms with E-state index in [9.17, 15) is 4.79 Å². The number of pyridine rings is 1. The summed E-state index contributed by atoms with van der Waals surface area (Å²) in [6.45, 7) is 2.31. The van der Waals surface area contributed by atoms with Gasteiger partial charge in [0, 0.05) is 32.9 Å². The molecule has 0 aliphatic rings. The molecule has 0 fully saturated rings. The van der Waals surface area contributed by atoms with Gasteiger partial charge in [-0.15, -0.1) is 23.1 Å². The largest absolute Gasteiger partial charge is 0.396 e. The van der Waals surface area contributed by atoms with Gasteiger partial charge >= 0.3 is 0 Å². The number of ketones is 1. The molecule has 0 aliphatic carbocycles. The fourth-order valence-corrected chi connectivity index (χ4v) is 4.02. The molecule has 6 heteroatoms. The van der Waals surface area contributed by atoms with Crippen molar-refractivity contribution in [1.82, 2.24) is 4.98 Å². The number of thioether (sulfide) groups is 1. The number of carbonyl (C=O) groups excluding carboxylic acids is 1. The van der Waals surface area contributed by atoms with Gasteiger partial charge in [0.1, 0.15) is 5.00 Å². The predicted molar refractivity (Wildman–Crippen MR) is 86.9 cm³/mol. The Bertz CT molecular complexity index is 610. The van der Waals surface area contributed by atoms with Crippen LogP contribution in [0.3, 0.4) is 0 Å². The number of Topliss-reactive ketones (excluding diaryl/α,β-unsaturated/α-hetero) is 1. The van der Waals surface area contributed by atoms with Crippen LogP contribution in [0.4, 0.5) is 10.7 Å². The molecule has 2 aromatic heterocycles. The van der Waals surface area contributed by atoms with Crippen molar-refractivity contribution >= 4 is 39.6 Å². The Balaban J connectivity index is 2.32. The molecule has 2 heterocycles. The molecule has 0 saturated carbocycles. The zero-order valence-corrected chi connectivity index (χ0v) is 13.3. The maximum atomic E-state index is 11.6. The molecule has 0 spiro atoms. The molecule has 0 atom stereocenters. The highest BCUT2D eigenvalue weighted by Crippen LogP contribution is 2.43. The molecule has 0 aliphatic heterocycles. The van der Waals surface area contributed by atoms with Crippen LogP contribution >= 0.6 is 23.1 Å². The summed E-state index contributed by atoms with van der Waals surface area (Å²) in [5.41, 5.74) is 7.85. The summed E-state index contributed by atoms with van der Waals surface area (Å²) in [7, 11) is 2.01. The number of aromatic nitrogens is 1. The van der Waals surface area contributed by atoms with Crippen LogP contribution in [0.2, 0.25) is 0 Å². The van der Waals surface area contributed by atoms with E-state index in [4.69, 9.17) is 5.73 Å². The van der Waals surface area contributed by atoms with Gasteiger partial charge in [0.05, 0.1) is 15.5 Å². The first-order chi connectivity index (χ1) is 9.54. The van der Waals surface area contributed by atoms with E-state index in [1.54, 1.807) is 31.1 Å². The molecule has 0 amide bonds. The first kappa shape index (κ1) is 14.9. The number of anilines is 2. The number of nitrogens with two attached hydrogens (primary N) is 1. The number of rotatable bonds is 5. The molecule has 0 unspecified atom stereocenters. The van der Waals surface area contributed by atoms with Crippen LogP contribution in [0.15, 0.2) is 29.4 Å². The minimum absolute atomic E-state index is 0.0198. The molecular weight excluding hydrogens is 290 g/mol. The number of thiophene rings is 1. The standard InChI is InChI=1S/C14H17N3OS2/c1-9(18)12-11(15)13(19-3)14(20-12)17(2)8-10-4-6-16-7-5-10/h4-7H,8,15H2,1-3H3. The van der Waals surface area contributed by atoms with E-state index in [1.807, 2.05) is 25.4 Å². The fraction of sp³-hybridized carbons (Fsp3) is 0.286. The van der Waals surface area contributed by atoms with Crippen molar-refractivity contribution < 1.29 is 4.79 Å². The highest BCUT2D eigenvalue weighted by molar-refractivity contribution is 7.99. The molecule has 2 aromatic rings. The Morgan fingerprint density at radius 2 is 2.10 bits per heavy atom. The van der Waals surface area contributed by atoms with Crippen molar-refractivity contribution in [1.29, 1.82) is 0 Å². The van der Waals surface area contributed by atoms with Gasteiger partial charge in [0.15, 0.2) is 5.78 Å². The van der Waals surface area contributed by atoms with E-state index in [1.165, 1.54) is 16.9 Å². The van der Waals surface area contributed by atoms with Gasteiger partial charge < -0.3 is 10.6 Å². The molecule has 0 aromatic carbocycles. The molecule has 4 nitrogen and oxygen atoms in total. The Hall–Kier alpha value is -1.53. The van der Waals surface area contributed by atoms with Gasteiger partial charge in [-0.3, -0.25) is 9.78 Å². The highest BCUT2D eigenvalue weighted by atomic mass is 32.2. The summed E-state index contributed by atoms with van der Waals surface area (Å²) in [4.78, 5) is 19.4. The van der Waals surface area contributed by atoms with Crippen LogP contribution in [0.1, 0.15) is 22.2 Å². The minimum Gasteiger partial charge on any atom is -0.396 e. The maximum absolute atomic E-state index is 11.6. The summed E-state index contributed by atoms with van der Waals surface area (Å²) in [5, 5.41) is 1.04. The molecule has 0 bridgehead atoms. The van der Waals surface area contributed by atoms with E-state index in [0.29, 0.717) is 10.6 Å². The Kier molecular flexibility index (Phi) is 4.67. The lowest BCUT2D eigenvalue weighted by Crippen LogP contribution is -2.15. The van der Waals surface area contributed by atoms with Crippen molar-refractivity contribution in [3.63, 3.8) is 0 Å². The van der Waals surface area contributed by atoms with Gasteiger partial charge in [-0.25, -0.2) is 0 Å². The lowest BCUT2D eigenvalue weighted by atomic mass is 10.2. The van der Waals surface area contributed by atoms with Gasteiger partial charge in [-0.1, -0.05) is 0 Å². The first-order valence-corrected chi connectivity index (χ1v) is 8.16. The molecular formula is C14H17N3OS2. The third kappa shape index (κ3) is 2.96. The first-order valence-electron chi connectivity index (χ1n) is 6.11. The van der Waals surface area contributed by atoms with Crippen molar-refractivity contribution in [3.8, 4) is 0 Å². The second-order valence-corrected chi connectivity index (χ2v) is 6.27. The second kappa shape index (κ2) is 6.28. The Labute approximate surface area is 127 Å². The van der Waals surface area contributed by atoms with Crippen LogP contribution < -0.4 is 10.6 Å². The van der Waals surface area contributed by atoms with E-state index in [2.05, 4.69) is 9.88 Å². The number of nitrogen functional groups attached to an aromatic ring is 1. The van der Waals surface area contributed by atoms with Gasteiger partial charge in [-0.2, -0.15) is 0 Å². The predicted octanol–water partition coefficient (Wildman–Crippen LogP) is 3.29. The number of hydrogen-bond acceptors (Lipinski definition) is 6. The van der Waals surface area contributed by atoms with Crippen molar-refractivity contribution in [2.45, 2.75) is 18.4 Å². The van der Waals surface area contributed by atoms with Crippen LogP contribution in [0.5, 0.6) is 0 Å². The SMILES string of the molecule is CSc1c(N(C)Cc2ccncc2)sc(C(C)=O)c1N. The van der Waals surface area contributed by atoms with E-state index < -0.39 is 0 Å². The monoisotopic (exact) mass is 307 g/mol. The Morgan fingerprint density at radius 1 is 1.45 bits per heavy atom. The molecule has 20 heavy (non-hydrogen) atoms. The summed E-state index contributed by atoms with van der Waals surface area (Å²) < 4.78 is 0. The second-order valence-electron chi connectivity index (χ2n) is 4.45. The van der Waals surface area contributed by atoms with E-state index in [-0.39, 0.29) is 5.78 Å². The number of carbonyl (C=O) groups is 1. The molecule has 0 radical (unpaired) electrons. The third-order valence-corrected chi connectivity index (χ3v) is 5.29. The van der Waals surface area contributed by atoms with Crippen LogP contribution in [0, 0.1) is 0 Å². The van der Waals surface area contributed by atoms with E-state index in [0.717, 1.165) is 16.4 Å². The molecule has 0 saturated heterocycles. The van der Waals surface area contributed by atoms with Crippen molar-refractivity contribution in [2.24, 2.45) is 0 Å². The summed E-state index contributed by atoms with van der Waals surface area (Å²) in [6, 6.07) is 3.97.